The number of nitrogens with zero attached hydrogens (tertiary/aromatic N) is 2. The van der Waals surface area contributed by atoms with Gasteiger partial charge < -0.3 is 15.7 Å². The van der Waals surface area contributed by atoms with Crippen LogP contribution in [0.2, 0.25) is 0 Å². The SMILES string of the molecule is CCC(CO)NC(=O)Cc1ccc(NC(=O)c2cnc3n[nH]c(C)c3c2)cc1. The van der Waals surface area contributed by atoms with E-state index >= 15 is 0 Å². The number of aromatic nitrogens is 3. The van der Waals surface area contributed by atoms with E-state index in [0.29, 0.717) is 23.3 Å². The zero-order valence-electron chi connectivity index (χ0n) is 15.8. The van der Waals surface area contributed by atoms with Crippen molar-refractivity contribution in [2.45, 2.75) is 32.7 Å². The van der Waals surface area contributed by atoms with Gasteiger partial charge in [0.25, 0.3) is 5.91 Å². The minimum atomic E-state index is -0.269. The molecule has 28 heavy (non-hydrogen) atoms. The maximum atomic E-state index is 12.5. The quantitative estimate of drug-likeness (QED) is 0.499. The van der Waals surface area contributed by atoms with Crippen molar-refractivity contribution in [3.8, 4) is 0 Å². The third-order valence-corrected chi connectivity index (χ3v) is 4.52. The van der Waals surface area contributed by atoms with Crippen LogP contribution in [0.3, 0.4) is 0 Å². The first kappa shape index (κ1) is 19.5. The molecule has 8 heteroatoms. The lowest BCUT2D eigenvalue weighted by Gasteiger charge is -2.14. The lowest BCUT2D eigenvalue weighted by atomic mass is 10.1. The molecule has 0 spiro atoms. The highest BCUT2D eigenvalue weighted by Gasteiger charge is 2.12. The average Bonchev–Trinajstić information content (AvgIpc) is 3.08. The second-order valence-electron chi connectivity index (χ2n) is 6.63. The van der Waals surface area contributed by atoms with Gasteiger partial charge in [-0.2, -0.15) is 5.10 Å². The summed E-state index contributed by atoms with van der Waals surface area (Å²) in [5.41, 5.74) is 3.31. The number of aliphatic hydroxyl groups is 1. The Morgan fingerprint density at radius 3 is 2.68 bits per heavy atom. The fourth-order valence-corrected chi connectivity index (χ4v) is 2.79. The Hall–Kier alpha value is -3.26. The lowest BCUT2D eigenvalue weighted by molar-refractivity contribution is -0.121. The Labute approximate surface area is 162 Å². The van der Waals surface area contributed by atoms with Gasteiger partial charge in [0.2, 0.25) is 5.91 Å². The van der Waals surface area contributed by atoms with Crippen LogP contribution in [-0.4, -0.2) is 44.8 Å². The number of amides is 2. The molecular weight excluding hydrogens is 358 g/mol. The van der Waals surface area contributed by atoms with Gasteiger partial charge in [0.05, 0.1) is 24.6 Å². The molecule has 0 radical (unpaired) electrons. The zero-order valence-corrected chi connectivity index (χ0v) is 15.8. The molecular formula is C20H23N5O3. The number of rotatable bonds is 7. The van der Waals surface area contributed by atoms with Crippen LogP contribution in [0.5, 0.6) is 0 Å². The number of aromatic amines is 1. The summed E-state index contributed by atoms with van der Waals surface area (Å²) in [6, 6.07) is 8.60. The molecule has 3 aromatic rings. The van der Waals surface area contributed by atoms with Gasteiger partial charge in [0.15, 0.2) is 5.65 Å². The van der Waals surface area contributed by atoms with Crippen molar-refractivity contribution in [1.29, 1.82) is 0 Å². The summed E-state index contributed by atoms with van der Waals surface area (Å²) in [6.45, 7) is 3.70. The van der Waals surface area contributed by atoms with Gasteiger partial charge in [0.1, 0.15) is 0 Å². The molecule has 3 rings (SSSR count). The highest BCUT2D eigenvalue weighted by molar-refractivity contribution is 6.05. The van der Waals surface area contributed by atoms with Crippen LogP contribution in [0.1, 0.15) is 35.0 Å². The summed E-state index contributed by atoms with van der Waals surface area (Å²) < 4.78 is 0. The molecule has 1 unspecified atom stereocenters. The molecule has 0 saturated carbocycles. The molecule has 0 aliphatic carbocycles. The molecule has 4 N–H and O–H groups in total. The van der Waals surface area contributed by atoms with E-state index < -0.39 is 0 Å². The smallest absolute Gasteiger partial charge is 0.257 e. The summed E-state index contributed by atoms with van der Waals surface area (Å²) >= 11 is 0. The number of H-pyrrole nitrogens is 1. The molecule has 2 aromatic heterocycles. The van der Waals surface area contributed by atoms with Crippen molar-refractivity contribution in [2.24, 2.45) is 0 Å². The Bertz CT molecular complexity index is 977. The molecule has 1 atom stereocenters. The summed E-state index contributed by atoms with van der Waals surface area (Å²) in [6.07, 6.45) is 2.37. The zero-order chi connectivity index (χ0) is 20.1. The number of benzene rings is 1. The van der Waals surface area contributed by atoms with Crippen LogP contribution in [0, 0.1) is 6.92 Å². The molecule has 0 aliphatic heterocycles. The Morgan fingerprint density at radius 2 is 2.00 bits per heavy atom. The number of nitrogens with one attached hydrogen (secondary N) is 3. The number of anilines is 1. The number of aryl methyl sites for hydroxylation is 1. The number of carbonyl (C=O) groups excluding carboxylic acids is 2. The van der Waals surface area contributed by atoms with Crippen molar-refractivity contribution in [2.75, 3.05) is 11.9 Å². The maximum absolute atomic E-state index is 12.5. The number of aliphatic hydroxyl groups excluding tert-OH is 1. The Balaban J connectivity index is 1.62. The molecule has 1 aromatic carbocycles. The van der Waals surface area contributed by atoms with Crippen molar-refractivity contribution in [3.05, 3.63) is 53.3 Å². The van der Waals surface area contributed by atoms with E-state index in [2.05, 4.69) is 25.8 Å². The van der Waals surface area contributed by atoms with Gasteiger partial charge in [-0.3, -0.25) is 14.7 Å². The van der Waals surface area contributed by atoms with Crippen molar-refractivity contribution in [1.82, 2.24) is 20.5 Å². The van der Waals surface area contributed by atoms with E-state index in [4.69, 9.17) is 5.11 Å². The first-order valence-electron chi connectivity index (χ1n) is 9.11. The van der Waals surface area contributed by atoms with Gasteiger partial charge in [-0.05, 0) is 37.1 Å². The van der Waals surface area contributed by atoms with Crippen LogP contribution in [-0.2, 0) is 11.2 Å². The third kappa shape index (κ3) is 4.52. The van der Waals surface area contributed by atoms with Gasteiger partial charge in [-0.1, -0.05) is 19.1 Å². The lowest BCUT2D eigenvalue weighted by Crippen LogP contribution is -2.37. The van der Waals surface area contributed by atoms with Crippen LogP contribution in [0.4, 0.5) is 5.69 Å². The molecule has 2 amide bonds. The minimum Gasteiger partial charge on any atom is -0.394 e. The summed E-state index contributed by atoms with van der Waals surface area (Å²) in [7, 11) is 0. The van der Waals surface area contributed by atoms with Crippen LogP contribution >= 0.6 is 0 Å². The van der Waals surface area contributed by atoms with E-state index in [1.165, 1.54) is 6.20 Å². The van der Waals surface area contributed by atoms with E-state index in [0.717, 1.165) is 16.6 Å². The fourth-order valence-electron chi connectivity index (χ4n) is 2.79. The van der Waals surface area contributed by atoms with E-state index in [9.17, 15) is 9.59 Å². The predicted octanol–water partition coefficient (Wildman–Crippen LogP) is 1.95. The average molecular weight is 381 g/mol. The van der Waals surface area contributed by atoms with Crippen LogP contribution < -0.4 is 10.6 Å². The van der Waals surface area contributed by atoms with E-state index in [1.54, 1.807) is 30.3 Å². The van der Waals surface area contributed by atoms with Crippen LogP contribution in [0.25, 0.3) is 11.0 Å². The number of carbonyl (C=O) groups is 2. The topological polar surface area (TPSA) is 120 Å². The molecule has 0 aliphatic rings. The molecule has 146 valence electrons. The monoisotopic (exact) mass is 381 g/mol. The summed E-state index contributed by atoms with van der Waals surface area (Å²) in [5, 5.41) is 22.5. The van der Waals surface area contributed by atoms with Crippen LogP contribution in [0.15, 0.2) is 36.5 Å². The fraction of sp³-hybridized carbons (Fsp3) is 0.300. The normalized spacial score (nSPS) is 12.0. The number of hydrogen-bond donors (Lipinski definition) is 4. The third-order valence-electron chi connectivity index (χ3n) is 4.52. The largest absolute Gasteiger partial charge is 0.394 e. The van der Waals surface area contributed by atoms with Gasteiger partial charge >= 0.3 is 0 Å². The molecule has 0 fully saturated rings. The standard InChI is InChI=1S/C20H23N5O3/c1-3-15(11-26)22-18(27)8-13-4-6-16(7-5-13)23-20(28)14-9-17-12(2)24-25-19(17)21-10-14/h4-7,9-10,15,26H,3,8,11H2,1-2H3,(H,22,27)(H,23,28)(H,21,24,25). The van der Waals surface area contributed by atoms with Crippen molar-refractivity contribution < 1.29 is 14.7 Å². The van der Waals surface area contributed by atoms with Crippen molar-refractivity contribution in [3.63, 3.8) is 0 Å². The molecule has 2 heterocycles. The highest BCUT2D eigenvalue weighted by atomic mass is 16.3. The van der Waals surface area contributed by atoms with E-state index in [-0.39, 0.29) is 30.9 Å². The summed E-state index contributed by atoms with van der Waals surface area (Å²) in [5.74, 6) is -0.415. The highest BCUT2D eigenvalue weighted by Crippen LogP contribution is 2.16. The number of fused-ring (bicyclic) bond motifs is 1. The van der Waals surface area contributed by atoms with Crippen molar-refractivity contribution >= 4 is 28.5 Å². The second kappa shape index (κ2) is 8.62. The number of pyridine rings is 1. The van der Waals surface area contributed by atoms with Gasteiger partial charge in [0, 0.05) is 23.0 Å². The molecule has 8 nitrogen and oxygen atoms in total. The minimum absolute atomic E-state index is 0.0772. The first-order chi connectivity index (χ1) is 13.5. The Morgan fingerprint density at radius 1 is 1.25 bits per heavy atom. The summed E-state index contributed by atoms with van der Waals surface area (Å²) in [4.78, 5) is 28.6. The maximum Gasteiger partial charge on any atom is 0.257 e. The van der Waals surface area contributed by atoms with E-state index in [1.807, 2.05) is 13.8 Å². The van der Waals surface area contributed by atoms with Gasteiger partial charge in [-0.15, -0.1) is 0 Å². The molecule has 0 bridgehead atoms. The predicted molar refractivity (Wildman–Crippen MR) is 106 cm³/mol. The first-order valence-corrected chi connectivity index (χ1v) is 9.11. The molecule has 0 saturated heterocycles. The number of hydrogen-bond acceptors (Lipinski definition) is 5. The second-order valence-corrected chi connectivity index (χ2v) is 6.63. The van der Waals surface area contributed by atoms with Gasteiger partial charge in [-0.25, -0.2) is 4.98 Å². The Kier molecular flexibility index (Phi) is 6.00.